The minimum atomic E-state index is -0.164. The van der Waals surface area contributed by atoms with Crippen LogP contribution in [0.1, 0.15) is 12.0 Å². The second-order valence-corrected chi connectivity index (χ2v) is 6.45. The zero-order valence-corrected chi connectivity index (χ0v) is 14.9. The molecule has 4 nitrogen and oxygen atoms in total. The first kappa shape index (κ1) is 17.5. The van der Waals surface area contributed by atoms with E-state index in [-0.39, 0.29) is 5.91 Å². The lowest BCUT2D eigenvalue weighted by molar-refractivity contribution is -0.111. The number of halogens is 1. The maximum atomic E-state index is 12.0. The Labute approximate surface area is 153 Å². The molecule has 2 aromatic rings. The molecule has 0 radical (unpaired) electrons. The molecule has 2 aromatic carbocycles. The maximum Gasteiger partial charge on any atom is 0.248 e. The van der Waals surface area contributed by atoms with Gasteiger partial charge in [0, 0.05) is 42.7 Å². The molecule has 1 saturated heterocycles. The van der Waals surface area contributed by atoms with Crippen molar-refractivity contribution in [2.45, 2.75) is 12.5 Å². The van der Waals surface area contributed by atoms with Gasteiger partial charge in [-0.15, -0.1) is 0 Å². The van der Waals surface area contributed by atoms with Crippen LogP contribution in [0.15, 0.2) is 54.6 Å². The van der Waals surface area contributed by atoms with Crippen LogP contribution in [0.25, 0.3) is 6.08 Å². The van der Waals surface area contributed by atoms with Crippen LogP contribution in [-0.2, 0) is 9.53 Å². The minimum absolute atomic E-state index is 0.164. The molecule has 1 aliphatic heterocycles. The Bertz CT molecular complexity index is 741. The molecular weight excluding hydrogens is 336 g/mol. The van der Waals surface area contributed by atoms with Crippen molar-refractivity contribution < 1.29 is 9.53 Å². The highest BCUT2D eigenvalue weighted by atomic mass is 35.5. The zero-order chi connectivity index (χ0) is 17.6. The van der Waals surface area contributed by atoms with Crippen LogP contribution in [0.5, 0.6) is 0 Å². The molecule has 1 aliphatic rings. The standard InChI is InChI=1S/C20H21ClN2O2/c1-25-19-12-13-23(14-19)18-9-7-17(8-10-18)22-20(24)11-4-15-2-5-16(21)6-3-15/h2-11,19H,12-14H2,1H3,(H,22,24)/b11-4+. The first-order valence-corrected chi connectivity index (χ1v) is 8.64. The smallest absolute Gasteiger partial charge is 0.248 e. The zero-order valence-electron chi connectivity index (χ0n) is 14.1. The quantitative estimate of drug-likeness (QED) is 0.816. The maximum absolute atomic E-state index is 12.0. The van der Waals surface area contributed by atoms with Crippen LogP contribution in [-0.4, -0.2) is 32.2 Å². The lowest BCUT2D eigenvalue weighted by atomic mass is 10.2. The molecule has 0 saturated carbocycles. The van der Waals surface area contributed by atoms with Gasteiger partial charge in [-0.3, -0.25) is 4.79 Å². The molecular formula is C20H21ClN2O2. The van der Waals surface area contributed by atoms with Gasteiger partial charge in [-0.25, -0.2) is 0 Å². The van der Waals surface area contributed by atoms with Crippen molar-refractivity contribution in [3.05, 3.63) is 65.2 Å². The summed E-state index contributed by atoms with van der Waals surface area (Å²) in [5.74, 6) is -0.164. The summed E-state index contributed by atoms with van der Waals surface area (Å²) in [6, 6.07) is 15.2. The van der Waals surface area contributed by atoms with Gasteiger partial charge in [-0.1, -0.05) is 23.7 Å². The van der Waals surface area contributed by atoms with E-state index in [1.165, 1.54) is 6.08 Å². The van der Waals surface area contributed by atoms with Gasteiger partial charge in [0.1, 0.15) is 0 Å². The molecule has 1 fully saturated rings. The van der Waals surface area contributed by atoms with Crippen LogP contribution < -0.4 is 10.2 Å². The van der Waals surface area contributed by atoms with Crippen molar-refractivity contribution in [2.24, 2.45) is 0 Å². The Balaban J connectivity index is 1.56. The Morgan fingerprint density at radius 1 is 1.20 bits per heavy atom. The number of carbonyl (C=O) groups is 1. The van der Waals surface area contributed by atoms with E-state index in [1.54, 1.807) is 25.3 Å². The van der Waals surface area contributed by atoms with Crippen molar-refractivity contribution >= 4 is 35.0 Å². The summed E-state index contributed by atoms with van der Waals surface area (Å²) in [4.78, 5) is 14.3. The summed E-state index contributed by atoms with van der Waals surface area (Å²) in [6.07, 6.45) is 4.62. The number of hydrogen-bond donors (Lipinski definition) is 1. The van der Waals surface area contributed by atoms with Gasteiger partial charge >= 0.3 is 0 Å². The lowest BCUT2D eigenvalue weighted by Gasteiger charge is -2.18. The number of ether oxygens (including phenoxy) is 1. The molecule has 5 heteroatoms. The highest BCUT2D eigenvalue weighted by molar-refractivity contribution is 6.30. The van der Waals surface area contributed by atoms with E-state index in [1.807, 2.05) is 36.4 Å². The number of anilines is 2. The predicted octanol–water partition coefficient (Wildman–Crippen LogP) is 4.22. The van der Waals surface area contributed by atoms with Gasteiger partial charge < -0.3 is 15.0 Å². The van der Waals surface area contributed by atoms with Gasteiger partial charge in [0.2, 0.25) is 5.91 Å². The number of rotatable bonds is 5. The Morgan fingerprint density at radius 2 is 1.92 bits per heavy atom. The fourth-order valence-electron chi connectivity index (χ4n) is 2.84. The van der Waals surface area contributed by atoms with Gasteiger partial charge in [0.15, 0.2) is 0 Å². The molecule has 0 spiro atoms. The molecule has 130 valence electrons. The van der Waals surface area contributed by atoms with E-state index in [9.17, 15) is 4.79 Å². The van der Waals surface area contributed by atoms with Crippen molar-refractivity contribution in [2.75, 3.05) is 30.4 Å². The van der Waals surface area contributed by atoms with E-state index in [2.05, 4.69) is 10.2 Å². The fourth-order valence-corrected chi connectivity index (χ4v) is 2.97. The van der Waals surface area contributed by atoms with Crippen molar-refractivity contribution in [3.8, 4) is 0 Å². The average molecular weight is 357 g/mol. The van der Waals surface area contributed by atoms with Crippen LogP contribution in [0.2, 0.25) is 5.02 Å². The van der Waals surface area contributed by atoms with Gasteiger partial charge in [0.05, 0.1) is 6.10 Å². The normalized spacial score (nSPS) is 17.2. The molecule has 0 aliphatic carbocycles. The molecule has 0 aromatic heterocycles. The third kappa shape index (κ3) is 4.84. The second-order valence-electron chi connectivity index (χ2n) is 6.01. The number of hydrogen-bond acceptors (Lipinski definition) is 3. The average Bonchev–Trinajstić information content (AvgIpc) is 3.11. The molecule has 1 atom stereocenters. The Hall–Kier alpha value is -2.30. The van der Waals surface area contributed by atoms with Crippen LogP contribution in [0, 0.1) is 0 Å². The van der Waals surface area contributed by atoms with E-state index < -0.39 is 0 Å². The van der Waals surface area contributed by atoms with Gasteiger partial charge in [-0.2, -0.15) is 0 Å². The molecule has 1 N–H and O–H groups in total. The second kappa shape index (κ2) is 8.19. The number of amides is 1. The molecule has 25 heavy (non-hydrogen) atoms. The van der Waals surface area contributed by atoms with Crippen LogP contribution in [0.4, 0.5) is 11.4 Å². The molecule has 0 bridgehead atoms. The topological polar surface area (TPSA) is 41.6 Å². The van der Waals surface area contributed by atoms with Gasteiger partial charge in [-0.05, 0) is 54.5 Å². The summed E-state index contributed by atoms with van der Waals surface area (Å²) < 4.78 is 5.40. The van der Waals surface area contributed by atoms with Crippen molar-refractivity contribution in [3.63, 3.8) is 0 Å². The first-order valence-electron chi connectivity index (χ1n) is 8.26. The number of methoxy groups -OCH3 is 1. The van der Waals surface area contributed by atoms with Crippen LogP contribution in [0.3, 0.4) is 0 Å². The number of nitrogens with one attached hydrogen (secondary N) is 1. The monoisotopic (exact) mass is 356 g/mol. The Kier molecular flexibility index (Phi) is 5.74. The van der Waals surface area contributed by atoms with Crippen LogP contribution >= 0.6 is 11.6 Å². The molecule has 1 heterocycles. The first-order chi connectivity index (χ1) is 12.1. The highest BCUT2D eigenvalue weighted by Crippen LogP contribution is 2.23. The highest BCUT2D eigenvalue weighted by Gasteiger charge is 2.21. The summed E-state index contributed by atoms with van der Waals surface area (Å²) in [7, 11) is 1.75. The number of carbonyl (C=O) groups excluding carboxylic acids is 1. The Morgan fingerprint density at radius 3 is 2.56 bits per heavy atom. The number of benzene rings is 2. The van der Waals surface area contributed by atoms with Crippen molar-refractivity contribution in [1.29, 1.82) is 0 Å². The SMILES string of the molecule is COC1CCN(c2ccc(NC(=O)/C=C/c3ccc(Cl)cc3)cc2)C1. The largest absolute Gasteiger partial charge is 0.380 e. The molecule has 1 amide bonds. The molecule has 3 rings (SSSR count). The van der Waals surface area contributed by atoms with E-state index in [0.29, 0.717) is 11.1 Å². The summed E-state index contributed by atoms with van der Waals surface area (Å²) >= 11 is 5.84. The third-order valence-electron chi connectivity index (χ3n) is 4.28. The lowest BCUT2D eigenvalue weighted by Crippen LogP contribution is -2.22. The van der Waals surface area contributed by atoms with E-state index >= 15 is 0 Å². The summed E-state index contributed by atoms with van der Waals surface area (Å²) in [5.41, 5.74) is 2.85. The van der Waals surface area contributed by atoms with E-state index in [0.717, 1.165) is 36.4 Å². The van der Waals surface area contributed by atoms with E-state index in [4.69, 9.17) is 16.3 Å². The third-order valence-corrected chi connectivity index (χ3v) is 4.53. The summed E-state index contributed by atoms with van der Waals surface area (Å²) in [5, 5.41) is 3.54. The summed E-state index contributed by atoms with van der Waals surface area (Å²) in [6.45, 7) is 1.90. The van der Waals surface area contributed by atoms with Gasteiger partial charge in [0.25, 0.3) is 0 Å². The van der Waals surface area contributed by atoms with Crippen molar-refractivity contribution in [1.82, 2.24) is 0 Å². The molecule has 1 unspecified atom stereocenters. The number of nitrogens with zero attached hydrogens (tertiary/aromatic N) is 1. The predicted molar refractivity (Wildman–Crippen MR) is 103 cm³/mol. The fraction of sp³-hybridized carbons (Fsp3) is 0.250. The minimum Gasteiger partial charge on any atom is -0.380 e.